The summed E-state index contributed by atoms with van der Waals surface area (Å²) < 4.78 is 26.6. The first kappa shape index (κ1) is 13.5. The van der Waals surface area contributed by atoms with Crippen LogP contribution in [0.5, 0.6) is 0 Å². The van der Waals surface area contributed by atoms with Gasteiger partial charge in [-0.2, -0.15) is 0 Å². The molecule has 0 spiro atoms. The standard InChI is InChI=1S/C13H14F2N2O2/c14-10-5-1-4-9(11(10)15)13(19)17-6-2-3-8(7-17)12(16)18/h1,4-5,8H,2-3,6-7H2,(H2,16,18). The first-order valence-electron chi connectivity index (χ1n) is 6.03. The molecule has 19 heavy (non-hydrogen) atoms. The molecule has 1 unspecified atom stereocenters. The molecular weight excluding hydrogens is 254 g/mol. The number of primary amides is 1. The van der Waals surface area contributed by atoms with Crippen LogP contribution >= 0.6 is 0 Å². The zero-order valence-corrected chi connectivity index (χ0v) is 10.2. The monoisotopic (exact) mass is 268 g/mol. The zero-order valence-electron chi connectivity index (χ0n) is 10.2. The fourth-order valence-corrected chi connectivity index (χ4v) is 2.23. The molecule has 4 nitrogen and oxygen atoms in total. The number of rotatable bonds is 2. The van der Waals surface area contributed by atoms with E-state index in [1.807, 2.05) is 0 Å². The molecule has 1 saturated heterocycles. The summed E-state index contributed by atoms with van der Waals surface area (Å²) in [6.45, 7) is 0.572. The summed E-state index contributed by atoms with van der Waals surface area (Å²) in [7, 11) is 0. The number of benzene rings is 1. The number of likely N-dealkylation sites (tertiary alicyclic amines) is 1. The maximum Gasteiger partial charge on any atom is 0.256 e. The third-order valence-electron chi connectivity index (χ3n) is 3.29. The maximum absolute atomic E-state index is 13.5. The van der Waals surface area contributed by atoms with Crippen LogP contribution in [0.4, 0.5) is 8.78 Å². The second-order valence-corrected chi connectivity index (χ2v) is 4.59. The van der Waals surface area contributed by atoms with E-state index in [0.29, 0.717) is 19.4 Å². The van der Waals surface area contributed by atoms with Crippen molar-refractivity contribution in [2.75, 3.05) is 13.1 Å². The molecule has 0 aromatic heterocycles. The van der Waals surface area contributed by atoms with Gasteiger partial charge in [-0.1, -0.05) is 6.07 Å². The first-order valence-corrected chi connectivity index (χ1v) is 6.03. The third-order valence-corrected chi connectivity index (χ3v) is 3.29. The molecule has 2 rings (SSSR count). The summed E-state index contributed by atoms with van der Waals surface area (Å²) in [5, 5.41) is 0. The van der Waals surface area contributed by atoms with E-state index in [4.69, 9.17) is 5.73 Å². The molecule has 1 aliphatic rings. The van der Waals surface area contributed by atoms with E-state index < -0.39 is 29.4 Å². The van der Waals surface area contributed by atoms with Crippen molar-refractivity contribution in [2.24, 2.45) is 11.7 Å². The average Bonchev–Trinajstić information content (AvgIpc) is 2.41. The van der Waals surface area contributed by atoms with Crippen LogP contribution in [0.3, 0.4) is 0 Å². The van der Waals surface area contributed by atoms with Crippen molar-refractivity contribution in [1.82, 2.24) is 4.90 Å². The minimum Gasteiger partial charge on any atom is -0.369 e. The molecule has 1 aromatic rings. The predicted molar refractivity (Wildman–Crippen MR) is 64.2 cm³/mol. The van der Waals surface area contributed by atoms with Gasteiger partial charge in [0, 0.05) is 13.1 Å². The highest BCUT2D eigenvalue weighted by Crippen LogP contribution is 2.20. The minimum atomic E-state index is -1.16. The average molecular weight is 268 g/mol. The number of nitrogens with two attached hydrogens (primary N) is 1. The number of hydrogen-bond donors (Lipinski definition) is 1. The molecular formula is C13H14F2N2O2. The van der Waals surface area contributed by atoms with E-state index in [9.17, 15) is 18.4 Å². The van der Waals surface area contributed by atoms with Crippen molar-refractivity contribution in [3.05, 3.63) is 35.4 Å². The highest BCUT2D eigenvalue weighted by Gasteiger charge is 2.29. The van der Waals surface area contributed by atoms with Gasteiger partial charge in [0.05, 0.1) is 11.5 Å². The lowest BCUT2D eigenvalue weighted by Crippen LogP contribution is -2.44. The Labute approximate surface area is 109 Å². The van der Waals surface area contributed by atoms with Crippen molar-refractivity contribution < 1.29 is 18.4 Å². The lowest BCUT2D eigenvalue weighted by molar-refractivity contribution is -0.123. The Bertz CT molecular complexity index is 519. The van der Waals surface area contributed by atoms with Crippen LogP contribution < -0.4 is 5.73 Å². The molecule has 1 aromatic carbocycles. The number of amides is 2. The van der Waals surface area contributed by atoms with Crippen LogP contribution in [0.15, 0.2) is 18.2 Å². The van der Waals surface area contributed by atoms with Gasteiger partial charge in [-0.3, -0.25) is 9.59 Å². The Kier molecular flexibility index (Phi) is 3.78. The smallest absolute Gasteiger partial charge is 0.256 e. The van der Waals surface area contributed by atoms with E-state index >= 15 is 0 Å². The van der Waals surface area contributed by atoms with Crippen molar-refractivity contribution in [3.63, 3.8) is 0 Å². The van der Waals surface area contributed by atoms with Gasteiger partial charge >= 0.3 is 0 Å². The van der Waals surface area contributed by atoms with Crippen molar-refractivity contribution >= 4 is 11.8 Å². The third kappa shape index (κ3) is 2.72. The van der Waals surface area contributed by atoms with Gasteiger partial charge in [-0.15, -0.1) is 0 Å². The Morgan fingerprint density at radius 2 is 2.05 bits per heavy atom. The second kappa shape index (κ2) is 5.34. The van der Waals surface area contributed by atoms with E-state index in [1.165, 1.54) is 17.0 Å². The van der Waals surface area contributed by atoms with Gasteiger partial charge in [0.25, 0.3) is 5.91 Å². The molecule has 0 saturated carbocycles. The fourth-order valence-electron chi connectivity index (χ4n) is 2.23. The van der Waals surface area contributed by atoms with Crippen LogP contribution in [0.25, 0.3) is 0 Å². The van der Waals surface area contributed by atoms with Crippen molar-refractivity contribution in [3.8, 4) is 0 Å². The van der Waals surface area contributed by atoms with Gasteiger partial charge in [0.15, 0.2) is 11.6 Å². The Morgan fingerprint density at radius 3 is 2.74 bits per heavy atom. The quantitative estimate of drug-likeness (QED) is 0.878. The van der Waals surface area contributed by atoms with E-state index in [0.717, 1.165) is 6.07 Å². The number of hydrogen-bond acceptors (Lipinski definition) is 2. The SMILES string of the molecule is NC(=O)C1CCCN(C(=O)c2cccc(F)c2F)C1. The summed E-state index contributed by atoms with van der Waals surface area (Å²) in [5.41, 5.74) is 4.90. The number of carbonyl (C=O) groups excluding carboxylic acids is 2. The Morgan fingerprint density at radius 1 is 1.32 bits per heavy atom. The minimum absolute atomic E-state index is 0.157. The van der Waals surface area contributed by atoms with Crippen LogP contribution in [0.1, 0.15) is 23.2 Å². The number of halogens is 2. The predicted octanol–water partition coefficient (Wildman–Crippen LogP) is 1.30. The first-order chi connectivity index (χ1) is 9.00. The summed E-state index contributed by atoms with van der Waals surface area (Å²) in [4.78, 5) is 24.6. The molecule has 102 valence electrons. The molecule has 1 atom stereocenters. The molecule has 1 heterocycles. The number of nitrogens with zero attached hydrogens (tertiary/aromatic N) is 1. The molecule has 1 aliphatic heterocycles. The van der Waals surface area contributed by atoms with E-state index in [-0.39, 0.29) is 12.1 Å². The molecule has 2 N–H and O–H groups in total. The normalized spacial score (nSPS) is 19.3. The van der Waals surface area contributed by atoms with Crippen LogP contribution in [0, 0.1) is 17.6 Å². The lowest BCUT2D eigenvalue weighted by atomic mass is 9.97. The lowest BCUT2D eigenvalue weighted by Gasteiger charge is -2.31. The van der Waals surface area contributed by atoms with Gasteiger partial charge < -0.3 is 10.6 Å². The topological polar surface area (TPSA) is 63.4 Å². The maximum atomic E-state index is 13.5. The number of carbonyl (C=O) groups is 2. The highest BCUT2D eigenvalue weighted by atomic mass is 19.2. The van der Waals surface area contributed by atoms with Crippen LogP contribution in [-0.2, 0) is 4.79 Å². The Balaban J connectivity index is 2.19. The van der Waals surface area contributed by atoms with E-state index in [1.54, 1.807) is 0 Å². The molecule has 0 aliphatic carbocycles. The molecule has 1 fully saturated rings. The molecule has 6 heteroatoms. The van der Waals surface area contributed by atoms with Crippen molar-refractivity contribution in [2.45, 2.75) is 12.8 Å². The Hall–Kier alpha value is -1.98. The second-order valence-electron chi connectivity index (χ2n) is 4.59. The molecule has 2 amide bonds. The summed E-state index contributed by atoms with van der Waals surface area (Å²) >= 11 is 0. The molecule has 0 bridgehead atoms. The van der Waals surface area contributed by atoms with Crippen LogP contribution in [0.2, 0.25) is 0 Å². The van der Waals surface area contributed by atoms with E-state index in [2.05, 4.69) is 0 Å². The van der Waals surface area contributed by atoms with Gasteiger partial charge in [-0.25, -0.2) is 8.78 Å². The summed E-state index contributed by atoms with van der Waals surface area (Å²) in [6.07, 6.45) is 1.24. The van der Waals surface area contributed by atoms with Crippen molar-refractivity contribution in [1.29, 1.82) is 0 Å². The van der Waals surface area contributed by atoms with Gasteiger partial charge in [0.2, 0.25) is 5.91 Å². The summed E-state index contributed by atoms with van der Waals surface area (Å²) in [5.74, 6) is -3.72. The van der Waals surface area contributed by atoms with Gasteiger partial charge in [0.1, 0.15) is 0 Å². The molecule has 0 radical (unpaired) electrons. The summed E-state index contributed by atoms with van der Waals surface area (Å²) in [6, 6.07) is 3.46. The van der Waals surface area contributed by atoms with Crippen LogP contribution in [-0.4, -0.2) is 29.8 Å². The zero-order chi connectivity index (χ0) is 14.0. The fraction of sp³-hybridized carbons (Fsp3) is 0.385. The number of piperidine rings is 1. The highest BCUT2D eigenvalue weighted by molar-refractivity contribution is 5.95. The largest absolute Gasteiger partial charge is 0.369 e. The van der Waals surface area contributed by atoms with Gasteiger partial charge in [-0.05, 0) is 25.0 Å².